The van der Waals surface area contributed by atoms with Crippen molar-refractivity contribution in [1.29, 1.82) is 5.26 Å². The van der Waals surface area contributed by atoms with Crippen LogP contribution < -0.4 is 4.90 Å². The third-order valence-electron chi connectivity index (χ3n) is 3.25. The fourth-order valence-corrected chi connectivity index (χ4v) is 2.63. The summed E-state index contributed by atoms with van der Waals surface area (Å²) in [5.41, 5.74) is 0.744. The first kappa shape index (κ1) is 14.8. The van der Waals surface area contributed by atoms with E-state index in [9.17, 15) is 9.65 Å². The van der Waals surface area contributed by atoms with E-state index >= 15 is 0 Å². The van der Waals surface area contributed by atoms with Crippen LogP contribution in [0.3, 0.4) is 0 Å². The average molecular weight is 278 g/mol. The van der Waals surface area contributed by atoms with Crippen LogP contribution >= 0.6 is 0 Å². The smallest absolute Gasteiger partial charge is 0.124 e. The van der Waals surface area contributed by atoms with Crippen LogP contribution in [0.4, 0.5) is 10.1 Å². The Labute approximate surface area is 118 Å². The summed E-state index contributed by atoms with van der Waals surface area (Å²) in [4.78, 5) is 2.06. The quantitative estimate of drug-likeness (QED) is 0.851. The molecule has 4 nitrogen and oxygen atoms in total. The molecule has 0 aliphatic carbocycles. The lowest BCUT2D eigenvalue weighted by Crippen LogP contribution is -2.54. The van der Waals surface area contributed by atoms with Crippen LogP contribution in [0.25, 0.3) is 0 Å². The van der Waals surface area contributed by atoms with Crippen molar-refractivity contribution in [2.75, 3.05) is 31.7 Å². The standard InChI is InChI=1S/C15H19FN2O2/c1-15(2)10-18(8-13(20-15)9-19-3)14-5-4-12(16)6-11(14)7-17/h4-6,13H,8-10H2,1-3H3/t13-/m0/s1. The Morgan fingerprint density at radius 2 is 2.30 bits per heavy atom. The van der Waals surface area contributed by atoms with E-state index in [0.717, 1.165) is 5.69 Å². The van der Waals surface area contributed by atoms with Gasteiger partial charge in [0.1, 0.15) is 11.9 Å². The average Bonchev–Trinajstić information content (AvgIpc) is 2.37. The molecule has 0 N–H and O–H groups in total. The van der Waals surface area contributed by atoms with Crippen LogP contribution in [0.2, 0.25) is 0 Å². The molecule has 0 radical (unpaired) electrons. The van der Waals surface area contributed by atoms with Crippen LogP contribution in [0.1, 0.15) is 19.4 Å². The number of hydrogen-bond donors (Lipinski definition) is 0. The fraction of sp³-hybridized carbons (Fsp3) is 0.533. The van der Waals surface area contributed by atoms with Crippen molar-refractivity contribution in [3.05, 3.63) is 29.6 Å². The van der Waals surface area contributed by atoms with E-state index in [4.69, 9.17) is 9.47 Å². The summed E-state index contributed by atoms with van der Waals surface area (Å²) < 4.78 is 24.3. The van der Waals surface area contributed by atoms with Gasteiger partial charge in [0.15, 0.2) is 0 Å². The molecule has 1 fully saturated rings. The SMILES string of the molecule is COC[C@@H]1CN(c2ccc(F)cc2C#N)CC(C)(C)O1. The van der Waals surface area contributed by atoms with Crippen molar-refractivity contribution in [2.24, 2.45) is 0 Å². The zero-order chi connectivity index (χ0) is 14.8. The minimum absolute atomic E-state index is 0.0691. The Hall–Kier alpha value is -1.64. The lowest BCUT2D eigenvalue weighted by Gasteiger charge is -2.44. The second kappa shape index (κ2) is 5.78. The molecule has 0 aromatic heterocycles. The molecule has 0 spiro atoms. The van der Waals surface area contributed by atoms with Gasteiger partial charge in [-0.15, -0.1) is 0 Å². The Balaban J connectivity index is 2.29. The number of methoxy groups -OCH3 is 1. The van der Waals surface area contributed by atoms with Gasteiger partial charge >= 0.3 is 0 Å². The minimum Gasteiger partial charge on any atom is -0.382 e. The van der Waals surface area contributed by atoms with Crippen LogP contribution in [0, 0.1) is 17.1 Å². The Kier molecular flexibility index (Phi) is 4.26. The molecule has 1 aliphatic rings. The summed E-state index contributed by atoms with van der Waals surface area (Å²) in [6, 6.07) is 6.35. The Bertz CT molecular complexity index is 525. The number of morpholine rings is 1. The van der Waals surface area contributed by atoms with Gasteiger partial charge in [-0.1, -0.05) is 0 Å². The molecule has 1 atom stereocenters. The van der Waals surface area contributed by atoms with Crippen molar-refractivity contribution < 1.29 is 13.9 Å². The molecule has 1 aromatic carbocycles. The summed E-state index contributed by atoms with van der Waals surface area (Å²) in [5, 5.41) is 9.17. The van der Waals surface area contributed by atoms with Gasteiger partial charge in [-0.2, -0.15) is 5.26 Å². The second-order valence-corrected chi connectivity index (χ2v) is 5.61. The lowest BCUT2D eigenvalue weighted by atomic mass is 10.0. The molecule has 1 heterocycles. The number of nitriles is 1. The molecule has 0 unspecified atom stereocenters. The topological polar surface area (TPSA) is 45.5 Å². The summed E-state index contributed by atoms with van der Waals surface area (Å²) in [6.45, 7) is 5.75. The van der Waals surface area contributed by atoms with Crippen molar-refractivity contribution in [3.63, 3.8) is 0 Å². The molecule has 1 aliphatic heterocycles. The molecule has 1 aromatic rings. The number of ether oxygens (including phenoxy) is 2. The highest BCUT2D eigenvalue weighted by molar-refractivity contribution is 5.60. The van der Waals surface area contributed by atoms with Crippen LogP contribution in [-0.2, 0) is 9.47 Å². The summed E-state index contributed by atoms with van der Waals surface area (Å²) >= 11 is 0. The van der Waals surface area contributed by atoms with Gasteiger partial charge in [0, 0.05) is 20.2 Å². The van der Waals surface area contributed by atoms with Crippen molar-refractivity contribution in [3.8, 4) is 6.07 Å². The Morgan fingerprint density at radius 1 is 1.55 bits per heavy atom. The molecular formula is C15H19FN2O2. The molecule has 1 saturated heterocycles. The highest BCUT2D eigenvalue weighted by atomic mass is 19.1. The van der Waals surface area contributed by atoms with E-state index in [1.54, 1.807) is 13.2 Å². The van der Waals surface area contributed by atoms with Crippen molar-refractivity contribution in [2.45, 2.75) is 25.6 Å². The highest BCUT2D eigenvalue weighted by Gasteiger charge is 2.34. The van der Waals surface area contributed by atoms with Gasteiger partial charge < -0.3 is 14.4 Å². The second-order valence-electron chi connectivity index (χ2n) is 5.61. The van der Waals surface area contributed by atoms with Crippen LogP contribution in [0.5, 0.6) is 0 Å². The largest absolute Gasteiger partial charge is 0.382 e. The number of halogens is 1. The fourth-order valence-electron chi connectivity index (χ4n) is 2.63. The molecule has 108 valence electrons. The van der Waals surface area contributed by atoms with Crippen molar-refractivity contribution >= 4 is 5.69 Å². The number of nitrogens with zero attached hydrogens (tertiary/aromatic N) is 2. The molecule has 20 heavy (non-hydrogen) atoms. The third-order valence-corrected chi connectivity index (χ3v) is 3.25. The van der Waals surface area contributed by atoms with Gasteiger partial charge in [0.2, 0.25) is 0 Å². The van der Waals surface area contributed by atoms with E-state index in [2.05, 4.69) is 11.0 Å². The minimum atomic E-state index is -0.397. The Morgan fingerprint density at radius 3 is 2.95 bits per heavy atom. The molecule has 2 rings (SSSR count). The predicted octanol–water partition coefficient (Wildman–Crippen LogP) is 2.33. The number of benzene rings is 1. The zero-order valence-corrected chi connectivity index (χ0v) is 12.0. The highest BCUT2D eigenvalue weighted by Crippen LogP contribution is 2.28. The van der Waals surface area contributed by atoms with Crippen LogP contribution in [0.15, 0.2) is 18.2 Å². The summed E-state index contributed by atoms with van der Waals surface area (Å²) in [7, 11) is 1.63. The molecule has 5 heteroatoms. The first-order valence-corrected chi connectivity index (χ1v) is 6.56. The maximum Gasteiger partial charge on any atom is 0.124 e. The van der Waals surface area contributed by atoms with Gasteiger partial charge in [0.25, 0.3) is 0 Å². The number of hydrogen-bond acceptors (Lipinski definition) is 4. The monoisotopic (exact) mass is 278 g/mol. The van der Waals surface area contributed by atoms with E-state index in [1.165, 1.54) is 12.1 Å². The van der Waals surface area contributed by atoms with E-state index < -0.39 is 5.82 Å². The van der Waals surface area contributed by atoms with Crippen LogP contribution in [-0.4, -0.2) is 38.5 Å². The van der Waals surface area contributed by atoms with E-state index in [0.29, 0.717) is 25.3 Å². The van der Waals surface area contributed by atoms with Gasteiger partial charge in [-0.25, -0.2) is 4.39 Å². The maximum atomic E-state index is 13.2. The number of anilines is 1. The zero-order valence-electron chi connectivity index (χ0n) is 12.0. The van der Waals surface area contributed by atoms with E-state index in [-0.39, 0.29) is 11.7 Å². The number of rotatable bonds is 3. The molecule has 0 saturated carbocycles. The predicted molar refractivity (Wildman–Crippen MR) is 74.2 cm³/mol. The van der Waals surface area contributed by atoms with Gasteiger partial charge in [-0.3, -0.25) is 0 Å². The first-order chi connectivity index (χ1) is 9.45. The molecular weight excluding hydrogens is 259 g/mol. The van der Waals surface area contributed by atoms with Gasteiger partial charge in [-0.05, 0) is 32.0 Å². The maximum absolute atomic E-state index is 13.2. The van der Waals surface area contributed by atoms with Crippen molar-refractivity contribution in [1.82, 2.24) is 0 Å². The summed E-state index contributed by atoms with van der Waals surface area (Å²) in [5.74, 6) is -0.397. The van der Waals surface area contributed by atoms with E-state index in [1.807, 2.05) is 13.8 Å². The molecule has 0 amide bonds. The first-order valence-electron chi connectivity index (χ1n) is 6.56. The van der Waals surface area contributed by atoms with Gasteiger partial charge in [0.05, 0.1) is 29.6 Å². The lowest BCUT2D eigenvalue weighted by molar-refractivity contribution is -0.106. The molecule has 0 bridgehead atoms. The third kappa shape index (κ3) is 3.27. The normalized spacial score (nSPS) is 21.6. The summed E-state index contributed by atoms with van der Waals surface area (Å²) in [6.07, 6.45) is -0.0691.